The maximum Gasteiger partial charge on any atom is 0.335 e. The number of aromatic carboxylic acids is 1. The molecule has 0 unspecified atom stereocenters. The summed E-state index contributed by atoms with van der Waals surface area (Å²) < 4.78 is 5.73. The van der Waals surface area contributed by atoms with Gasteiger partial charge < -0.3 is 20.5 Å². The van der Waals surface area contributed by atoms with E-state index in [2.05, 4.69) is 26.6 Å². The monoisotopic (exact) mass is 494 g/mol. The van der Waals surface area contributed by atoms with Crippen molar-refractivity contribution in [2.45, 2.75) is 0 Å². The number of rotatable bonds is 7. The van der Waals surface area contributed by atoms with Crippen molar-refractivity contribution >= 4 is 45.5 Å². The van der Waals surface area contributed by atoms with Crippen LogP contribution in [0.1, 0.15) is 26.3 Å². The average molecular weight is 495 g/mol. The van der Waals surface area contributed by atoms with Crippen LogP contribution in [0.3, 0.4) is 0 Å². The minimum atomic E-state index is -1.07. The van der Waals surface area contributed by atoms with E-state index < -0.39 is 17.8 Å². The van der Waals surface area contributed by atoms with E-state index in [1.165, 1.54) is 30.3 Å². The van der Waals surface area contributed by atoms with Gasteiger partial charge in [0.05, 0.1) is 18.2 Å². The van der Waals surface area contributed by atoms with Crippen LogP contribution in [0, 0.1) is 0 Å². The van der Waals surface area contributed by atoms with Gasteiger partial charge in [-0.05, 0) is 76.1 Å². The number of ether oxygens (including phenoxy) is 1. The van der Waals surface area contributed by atoms with Crippen LogP contribution < -0.4 is 15.4 Å². The molecule has 0 spiro atoms. The van der Waals surface area contributed by atoms with Crippen molar-refractivity contribution in [1.82, 2.24) is 5.32 Å². The number of amides is 2. The molecular weight excluding hydrogens is 476 g/mol. The highest BCUT2D eigenvalue weighted by Crippen LogP contribution is 2.18. The standard InChI is InChI=1S/C24H19BrN2O5/c1-32-18-12-6-15(7-13-18)14-21(27-22(28)19-4-2-3-5-20(19)25)23(29)26-17-10-8-16(9-11-17)24(30)31/h2-14H,1H3,(H,26,29)(H,27,28)(H,30,31)/b21-14+. The van der Waals surface area contributed by atoms with E-state index in [1.54, 1.807) is 55.6 Å². The molecule has 0 saturated carbocycles. The SMILES string of the molecule is COc1ccc(/C=C(/NC(=O)c2ccccc2Br)C(=O)Nc2ccc(C(=O)O)cc2)cc1. The molecular formula is C24H19BrN2O5. The van der Waals surface area contributed by atoms with E-state index in [4.69, 9.17) is 9.84 Å². The summed E-state index contributed by atoms with van der Waals surface area (Å²) in [6, 6.07) is 19.5. The van der Waals surface area contributed by atoms with Crippen molar-refractivity contribution in [3.8, 4) is 5.75 Å². The molecule has 3 rings (SSSR count). The van der Waals surface area contributed by atoms with E-state index in [9.17, 15) is 14.4 Å². The number of nitrogens with one attached hydrogen (secondary N) is 2. The molecule has 32 heavy (non-hydrogen) atoms. The maximum absolute atomic E-state index is 13.0. The number of benzene rings is 3. The lowest BCUT2D eigenvalue weighted by Crippen LogP contribution is -2.31. The van der Waals surface area contributed by atoms with Crippen molar-refractivity contribution in [3.05, 3.63) is 99.7 Å². The summed E-state index contributed by atoms with van der Waals surface area (Å²) in [5.74, 6) is -1.44. The Labute approximate surface area is 192 Å². The molecule has 0 aliphatic rings. The zero-order valence-electron chi connectivity index (χ0n) is 17.0. The Bertz CT molecular complexity index is 1170. The van der Waals surface area contributed by atoms with Crippen molar-refractivity contribution in [3.63, 3.8) is 0 Å². The highest BCUT2D eigenvalue weighted by Gasteiger charge is 2.17. The Kier molecular flexibility index (Phi) is 7.41. The smallest absolute Gasteiger partial charge is 0.335 e. The molecule has 8 heteroatoms. The molecule has 0 saturated heterocycles. The molecule has 3 aromatic rings. The second-order valence-corrected chi connectivity index (χ2v) is 7.46. The van der Waals surface area contributed by atoms with E-state index in [1.807, 2.05) is 0 Å². The van der Waals surface area contributed by atoms with Gasteiger partial charge in [-0.2, -0.15) is 0 Å². The molecule has 162 valence electrons. The third-order valence-electron chi connectivity index (χ3n) is 4.43. The van der Waals surface area contributed by atoms with Gasteiger partial charge in [0.1, 0.15) is 11.4 Å². The Balaban J connectivity index is 1.88. The van der Waals surface area contributed by atoms with Crippen LogP contribution in [-0.4, -0.2) is 30.0 Å². The zero-order valence-corrected chi connectivity index (χ0v) is 18.5. The fourth-order valence-corrected chi connectivity index (χ4v) is 3.22. The normalized spacial score (nSPS) is 10.9. The number of halogens is 1. The van der Waals surface area contributed by atoms with Gasteiger partial charge in [0.15, 0.2) is 0 Å². The third kappa shape index (κ3) is 5.83. The second-order valence-electron chi connectivity index (χ2n) is 6.60. The third-order valence-corrected chi connectivity index (χ3v) is 5.12. The predicted octanol–water partition coefficient (Wildman–Crippen LogP) is 4.57. The van der Waals surface area contributed by atoms with Gasteiger partial charge in [-0.25, -0.2) is 4.79 Å². The first kappa shape index (κ1) is 22.8. The number of methoxy groups -OCH3 is 1. The lowest BCUT2D eigenvalue weighted by Gasteiger charge is -2.12. The van der Waals surface area contributed by atoms with Crippen LogP contribution >= 0.6 is 15.9 Å². The van der Waals surface area contributed by atoms with Crippen LogP contribution in [0.25, 0.3) is 6.08 Å². The van der Waals surface area contributed by atoms with Gasteiger partial charge >= 0.3 is 5.97 Å². The van der Waals surface area contributed by atoms with E-state index >= 15 is 0 Å². The van der Waals surface area contributed by atoms with Gasteiger partial charge in [0.2, 0.25) is 0 Å². The largest absolute Gasteiger partial charge is 0.497 e. The predicted molar refractivity (Wildman–Crippen MR) is 125 cm³/mol. The maximum atomic E-state index is 13.0. The first-order chi connectivity index (χ1) is 15.4. The second kappa shape index (κ2) is 10.4. The van der Waals surface area contributed by atoms with Crippen LogP contribution in [-0.2, 0) is 4.79 Å². The van der Waals surface area contributed by atoms with Crippen LogP contribution in [0.4, 0.5) is 5.69 Å². The van der Waals surface area contributed by atoms with Gasteiger partial charge in [0, 0.05) is 10.2 Å². The molecule has 0 atom stereocenters. The van der Waals surface area contributed by atoms with Crippen LogP contribution in [0.2, 0.25) is 0 Å². The van der Waals surface area contributed by atoms with Crippen molar-refractivity contribution in [2.24, 2.45) is 0 Å². The van der Waals surface area contributed by atoms with Crippen LogP contribution in [0.5, 0.6) is 5.75 Å². The zero-order chi connectivity index (χ0) is 23.1. The summed E-state index contributed by atoms with van der Waals surface area (Å²) in [4.78, 5) is 36.8. The van der Waals surface area contributed by atoms with Gasteiger partial charge in [-0.15, -0.1) is 0 Å². The highest BCUT2D eigenvalue weighted by molar-refractivity contribution is 9.10. The molecule has 3 aromatic carbocycles. The summed E-state index contributed by atoms with van der Waals surface area (Å²) in [5, 5.41) is 14.3. The summed E-state index contributed by atoms with van der Waals surface area (Å²) in [6.07, 6.45) is 1.54. The average Bonchev–Trinajstić information content (AvgIpc) is 2.79. The summed E-state index contributed by atoms with van der Waals surface area (Å²) in [6.45, 7) is 0. The van der Waals surface area contributed by atoms with Crippen molar-refractivity contribution in [2.75, 3.05) is 12.4 Å². The molecule has 0 heterocycles. The lowest BCUT2D eigenvalue weighted by atomic mass is 10.1. The van der Waals surface area contributed by atoms with E-state index in [-0.39, 0.29) is 11.3 Å². The number of carboxylic acid groups (broad SMARTS) is 1. The number of hydrogen-bond donors (Lipinski definition) is 3. The molecule has 0 fully saturated rings. The number of anilines is 1. The highest BCUT2D eigenvalue weighted by atomic mass is 79.9. The number of carbonyl (C=O) groups is 3. The Morgan fingerprint density at radius 2 is 1.59 bits per heavy atom. The molecule has 0 aliphatic carbocycles. The molecule has 0 aromatic heterocycles. The molecule has 7 nitrogen and oxygen atoms in total. The first-order valence-electron chi connectivity index (χ1n) is 9.43. The topological polar surface area (TPSA) is 105 Å². The Hall–Kier alpha value is -3.91. The quantitative estimate of drug-likeness (QED) is 0.417. The van der Waals surface area contributed by atoms with E-state index in [0.717, 1.165) is 0 Å². The molecule has 0 radical (unpaired) electrons. The minimum absolute atomic E-state index is 0.0123. The molecule has 0 aliphatic heterocycles. The van der Waals surface area contributed by atoms with Gasteiger partial charge in [-0.3, -0.25) is 9.59 Å². The Morgan fingerprint density at radius 3 is 2.19 bits per heavy atom. The molecule has 0 bridgehead atoms. The van der Waals surface area contributed by atoms with Crippen molar-refractivity contribution < 1.29 is 24.2 Å². The number of carboxylic acids is 1. The molecule has 2 amide bonds. The van der Waals surface area contributed by atoms with Crippen molar-refractivity contribution in [1.29, 1.82) is 0 Å². The fraction of sp³-hybridized carbons (Fsp3) is 0.0417. The minimum Gasteiger partial charge on any atom is -0.497 e. The van der Waals surface area contributed by atoms with E-state index in [0.29, 0.717) is 27.0 Å². The lowest BCUT2D eigenvalue weighted by molar-refractivity contribution is -0.113. The summed E-state index contributed by atoms with van der Waals surface area (Å²) in [5.41, 5.74) is 1.53. The molecule has 3 N–H and O–H groups in total. The summed E-state index contributed by atoms with van der Waals surface area (Å²) >= 11 is 3.34. The first-order valence-corrected chi connectivity index (χ1v) is 10.2. The number of hydrogen-bond acceptors (Lipinski definition) is 4. The van der Waals surface area contributed by atoms with Crippen LogP contribution in [0.15, 0.2) is 83.0 Å². The van der Waals surface area contributed by atoms with Gasteiger partial charge in [-0.1, -0.05) is 24.3 Å². The fourth-order valence-electron chi connectivity index (χ4n) is 2.75. The summed E-state index contributed by atoms with van der Waals surface area (Å²) in [7, 11) is 1.55. The van der Waals surface area contributed by atoms with Gasteiger partial charge in [0.25, 0.3) is 11.8 Å². The Morgan fingerprint density at radius 1 is 0.938 bits per heavy atom. The number of carbonyl (C=O) groups excluding carboxylic acids is 2.